The number of hydrogen-bond acceptors (Lipinski definition) is 6. The third-order valence-corrected chi connectivity index (χ3v) is 8.42. The number of hydrogen-bond donors (Lipinski definition) is 1. The van der Waals surface area contributed by atoms with Crippen molar-refractivity contribution in [1.82, 2.24) is 10.2 Å². The summed E-state index contributed by atoms with van der Waals surface area (Å²) in [5, 5.41) is 3.24. The highest BCUT2D eigenvalue weighted by molar-refractivity contribution is 7.92. The maximum absolute atomic E-state index is 14.0. The van der Waals surface area contributed by atoms with E-state index in [1.54, 1.807) is 61.5 Å². The molecule has 1 N–H and O–H groups in total. The van der Waals surface area contributed by atoms with Crippen LogP contribution in [0.25, 0.3) is 0 Å². The van der Waals surface area contributed by atoms with Crippen LogP contribution in [0.1, 0.15) is 25.8 Å². The minimum absolute atomic E-state index is 0.0122. The summed E-state index contributed by atoms with van der Waals surface area (Å²) in [6.45, 7) is 3.43. The Bertz CT molecular complexity index is 1420. The van der Waals surface area contributed by atoms with Gasteiger partial charge in [0, 0.05) is 24.2 Å². The van der Waals surface area contributed by atoms with E-state index in [4.69, 9.17) is 21.1 Å². The predicted molar refractivity (Wildman–Crippen MR) is 155 cm³/mol. The summed E-state index contributed by atoms with van der Waals surface area (Å²) in [6, 6.07) is 18.6. The van der Waals surface area contributed by atoms with Gasteiger partial charge in [0.1, 0.15) is 12.6 Å². The van der Waals surface area contributed by atoms with Crippen molar-refractivity contribution in [3.8, 4) is 11.5 Å². The molecule has 214 valence electrons. The fourth-order valence-electron chi connectivity index (χ4n) is 4.02. The lowest BCUT2D eigenvalue weighted by Gasteiger charge is -2.32. The van der Waals surface area contributed by atoms with E-state index in [1.165, 1.54) is 37.3 Å². The van der Waals surface area contributed by atoms with Gasteiger partial charge in [-0.3, -0.25) is 13.9 Å². The summed E-state index contributed by atoms with van der Waals surface area (Å²) in [7, 11) is -1.40. The molecule has 0 aliphatic heterocycles. The predicted octanol–water partition coefficient (Wildman–Crippen LogP) is 4.50. The van der Waals surface area contributed by atoms with Crippen molar-refractivity contribution in [2.75, 3.05) is 31.6 Å². The van der Waals surface area contributed by atoms with Crippen LogP contribution in [0.2, 0.25) is 5.02 Å². The number of halogens is 1. The number of para-hydroxylation sites is 1. The maximum Gasteiger partial charge on any atom is 0.264 e. The normalized spacial score (nSPS) is 11.8. The zero-order valence-electron chi connectivity index (χ0n) is 23.0. The number of ether oxygens (including phenoxy) is 2. The third-order valence-electron chi connectivity index (χ3n) is 6.28. The molecule has 3 rings (SSSR count). The molecule has 0 heterocycles. The van der Waals surface area contributed by atoms with E-state index in [9.17, 15) is 18.0 Å². The Morgan fingerprint density at radius 2 is 1.60 bits per heavy atom. The second kappa shape index (κ2) is 14.0. The number of anilines is 1. The van der Waals surface area contributed by atoms with Gasteiger partial charge in [-0.25, -0.2) is 8.42 Å². The molecule has 9 nitrogen and oxygen atoms in total. The second-order valence-corrected chi connectivity index (χ2v) is 11.2. The highest BCUT2D eigenvalue weighted by Gasteiger charge is 2.33. The average molecular weight is 588 g/mol. The number of benzene rings is 3. The summed E-state index contributed by atoms with van der Waals surface area (Å²) in [5.41, 5.74) is 0.910. The lowest BCUT2D eigenvalue weighted by Crippen LogP contribution is -2.51. The van der Waals surface area contributed by atoms with Gasteiger partial charge in [0.25, 0.3) is 10.0 Å². The average Bonchev–Trinajstić information content (AvgIpc) is 2.97. The van der Waals surface area contributed by atoms with Gasteiger partial charge in [-0.1, -0.05) is 54.9 Å². The number of amides is 2. The van der Waals surface area contributed by atoms with Gasteiger partial charge in [0.2, 0.25) is 11.8 Å². The van der Waals surface area contributed by atoms with E-state index in [1.807, 2.05) is 6.92 Å². The third kappa shape index (κ3) is 7.25. The van der Waals surface area contributed by atoms with Gasteiger partial charge >= 0.3 is 0 Å². The Labute approximate surface area is 240 Å². The standard InChI is InChI=1S/C29H34ClN3O6S/c1-5-17-31-29(35)21(2)32(19-22-11-9-10-14-25(22)30)28(34)20-33(23-12-7-6-8-13-23)40(36,37)24-15-16-26(38-3)27(18-24)39-4/h6-16,18,21H,5,17,19-20H2,1-4H3,(H,31,35)/t21-/m1/s1. The minimum atomic E-state index is -4.26. The molecule has 0 radical (unpaired) electrons. The van der Waals surface area contributed by atoms with E-state index in [0.717, 1.165) is 10.7 Å². The van der Waals surface area contributed by atoms with Crippen LogP contribution < -0.4 is 19.1 Å². The second-order valence-electron chi connectivity index (χ2n) is 8.94. The molecule has 3 aromatic rings. The van der Waals surface area contributed by atoms with Crippen LogP contribution >= 0.6 is 11.6 Å². The molecule has 2 amide bonds. The molecule has 1 atom stereocenters. The van der Waals surface area contributed by atoms with Crippen LogP contribution in [-0.2, 0) is 26.2 Å². The fourth-order valence-corrected chi connectivity index (χ4v) is 5.64. The van der Waals surface area contributed by atoms with Gasteiger partial charge in [0.15, 0.2) is 11.5 Å². The van der Waals surface area contributed by atoms with Crippen molar-refractivity contribution in [2.45, 2.75) is 37.8 Å². The van der Waals surface area contributed by atoms with Crippen LogP contribution in [0, 0.1) is 0 Å². The summed E-state index contributed by atoms with van der Waals surface area (Å²) >= 11 is 6.38. The first kappa shape index (κ1) is 30.8. The number of methoxy groups -OCH3 is 2. The van der Waals surface area contributed by atoms with Crippen LogP contribution in [-0.4, -0.2) is 58.5 Å². The Hall–Kier alpha value is -3.76. The first-order chi connectivity index (χ1) is 19.1. The zero-order valence-corrected chi connectivity index (χ0v) is 24.5. The number of carbonyl (C=O) groups is 2. The lowest BCUT2D eigenvalue weighted by molar-refractivity contribution is -0.139. The van der Waals surface area contributed by atoms with Crippen molar-refractivity contribution in [1.29, 1.82) is 0 Å². The van der Waals surface area contributed by atoms with E-state index in [-0.39, 0.29) is 28.8 Å². The molecule has 40 heavy (non-hydrogen) atoms. The van der Waals surface area contributed by atoms with Crippen molar-refractivity contribution < 1.29 is 27.5 Å². The van der Waals surface area contributed by atoms with Crippen molar-refractivity contribution in [3.05, 3.63) is 83.4 Å². The molecule has 0 saturated carbocycles. The molecular weight excluding hydrogens is 554 g/mol. The Morgan fingerprint density at radius 3 is 2.23 bits per heavy atom. The first-order valence-corrected chi connectivity index (χ1v) is 14.6. The van der Waals surface area contributed by atoms with E-state index in [2.05, 4.69) is 5.32 Å². The van der Waals surface area contributed by atoms with Gasteiger partial charge in [0.05, 0.1) is 24.8 Å². The molecule has 0 spiro atoms. The molecule has 0 saturated heterocycles. The summed E-state index contributed by atoms with van der Waals surface area (Å²) in [5.74, 6) is -0.339. The fraction of sp³-hybridized carbons (Fsp3) is 0.310. The highest BCUT2D eigenvalue weighted by Crippen LogP contribution is 2.32. The summed E-state index contributed by atoms with van der Waals surface area (Å²) in [6.07, 6.45) is 0.724. The number of nitrogens with zero attached hydrogens (tertiary/aromatic N) is 2. The van der Waals surface area contributed by atoms with Crippen LogP contribution in [0.15, 0.2) is 77.7 Å². The molecule has 0 fully saturated rings. The largest absolute Gasteiger partial charge is 0.493 e. The highest BCUT2D eigenvalue weighted by atomic mass is 35.5. The Balaban J connectivity index is 2.04. The Kier molecular flexibility index (Phi) is 10.8. The van der Waals surface area contributed by atoms with Crippen molar-refractivity contribution in [3.63, 3.8) is 0 Å². The SMILES string of the molecule is CCCNC(=O)[C@@H](C)N(Cc1ccccc1Cl)C(=O)CN(c1ccccc1)S(=O)(=O)c1ccc(OC)c(OC)c1. The topological polar surface area (TPSA) is 105 Å². The minimum Gasteiger partial charge on any atom is -0.493 e. The molecule has 0 aliphatic rings. The van der Waals surface area contributed by atoms with Crippen molar-refractivity contribution >= 4 is 39.1 Å². The number of nitrogens with one attached hydrogen (secondary N) is 1. The van der Waals surface area contributed by atoms with E-state index >= 15 is 0 Å². The Morgan fingerprint density at radius 1 is 0.950 bits per heavy atom. The van der Waals surface area contributed by atoms with Crippen LogP contribution in [0.4, 0.5) is 5.69 Å². The number of rotatable bonds is 13. The smallest absolute Gasteiger partial charge is 0.264 e. The van der Waals surface area contributed by atoms with E-state index < -0.39 is 28.5 Å². The van der Waals surface area contributed by atoms with Gasteiger partial charge in [-0.2, -0.15) is 0 Å². The van der Waals surface area contributed by atoms with Crippen LogP contribution in [0.5, 0.6) is 11.5 Å². The maximum atomic E-state index is 14.0. The van der Waals surface area contributed by atoms with Crippen molar-refractivity contribution in [2.24, 2.45) is 0 Å². The van der Waals surface area contributed by atoms with Crippen LogP contribution in [0.3, 0.4) is 0 Å². The molecular formula is C29H34ClN3O6S. The van der Waals surface area contributed by atoms with E-state index in [0.29, 0.717) is 22.9 Å². The molecule has 3 aromatic carbocycles. The first-order valence-electron chi connectivity index (χ1n) is 12.7. The quantitative estimate of drug-likeness (QED) is 0.316. The zero-order chi connectivity index (χ0) is 29.3. The monoisotopic (exact) mass is 587 g/mol. The number of carbonyl (C=O) groups excluding carboxylic acids is 2. The lowest BCUT2D eigenvalue weighted by atomic mass is 10.1. The summed E-state index contributed by atoms with van der Waals surface area (Å²) < 4.78 is 39.5. The molecule has 0 aromatic heterocycles. The van der Waals surface area contributed by atoms with Gasteiger partial charge < -0.3 is 19.7 Å². The molecule has 0 aliphatic carbocycles. The van der Waals surface area contributed by atoms with Gasteiger partial charge in [-0.15, -0.1) is 0 Å². The molecule has 11 heteroatoms. The number of sulfonamides is 1. The van der Waals surface area contributed by atoms with Gasteiger partial charge in [-0.05, 0) is 49.2 Å². The summed E-state index contributed by atoms with van der Waals surface area (Å²) in [4.78, 5) is 28.1. The molecule has 0 unspecified atom stereocenters. The molecule has 0 bridgehead atoms.